The Hall–Kier alpha value is -2.94. The normalized spacial score (nSPS) is 10.9. The number of ketones is 1. The fourth-order valence-electron chi connectivity index (χ4n) is 3.04. The van der Waals surface area contributed by atoms with Crippen LogP contribution in [0.5, 0.6) is 5.75 Å². The lowest BCUT2D eigenvalue weighted by molar-refractivity contribution is -0.142. The Labute approximate surface area is 172 Å². The molecule has 9 heteroatoms. The first-order valence-corrected chi connectivity index (χ1v) is 10.3. The molecule has 0 bridgehead atoms. The summed E-state index contributed by atoms with van der Waals surface area (Å²) in [5.41, 5.74) is 2.99. The lowest BCUT2D eigenvalue weighted by Crippen LogP contribution is -2.16. The Morgan fingerprint density at radius 1 is 1.17 bits per heavy atom. The average molecular weight is 414 g/mol. The molecule has 8 nitrogen and oxygen atoms in total. The first-order valence-electron chi connectivity index (χ1n) is 9.03. The highest BCUT2D eigenvalue weighted by atomic mass is 32.2. The molecule has 0 unspecified atom stereocenters. The summed E-state index contributed by atoms with van der Waals surface area (Å²) in [6.45, 7) is 3.48. The molecule has 0 spiro atoms. The number of nitrogens with zero attached hydrogens (tertiary/aromatic N) is 4. The van der Waals surface area contributed by atoms with Crippen molar-refractivity contribution >= 4 is 29.3 Å². The molecule has 0 radical (unpaired) electrons. The highest BCUT2D eigenvalue weighted by Crippen LogP contribution is 2.19. The summed E-state index contributed by atoms with van der Waals surface area (Å²) in [5.74, 6) is 0.240. The zero-order valence-corrected chi connectivity index (χ0v) is 17.6. The molecular weight excluding hydrogens is 392 g/mol. The van der Waals surface area contributed by atoms with Crippen LogP contribution in [-0.2, 0) is 16.0 Å². The molecule has 2 aromatic heterocycles. The number of aryl methyl sites for hydroxylation is 2. The summed E-state index contributed by atoms with van der Waals surface area (Å²) < 4.78 is 12.0. The highest BCUT2D eigenvalue weighted by molar-refractivity contribution is 7.98. The van der Waals surface area contributed by atoms with E-state index < -0.39 is 5.97 Å². The third kappa shape index (κ3) is 4.56. The Kier molecular flexibility index (Phi) is 6.48. The smallest absolute Gasteiger partial charge is 0.306 e. The Morgan fingerprint density at radius 3 is 2.66 bits per heavy atom. The number of benzene rings is 1. The minimum atomic E-state index is -0.449. The predicted molar refractivity (Wildman–Crippen MR) is 109 cm³/mol. The second-order valence-corrected chi connectivity index (χ2v) is 7.13. The van der Waals surface area contributed by atoms with Crippen LogP contribution in [0.1, 0.15) is 33.7 Å². The predicted octanol–water partition coefficient (Wildman–Crippen LogP) is 2.83. The molecule has 29 heavy (non-hydrogen) atoms. The molecule has 0 aliphatic rings. The van der Waals surface area contributed by atoms with Gasteiger partial charge in [-0.1, -0.05) is 23.9 Å². The van der Waals surface area contributed by atoms with Crippen molar-refractivity contribution in [2.45, 2.75) is 31.8 Å². The Balaban J connectivity index is 1.63. The van der Waals surface area contributed by atoms with Crippen LogP contribution in [0.25, 0.3) is 5.78 Å². The minimum Gasteiger partial charge on any atom is -0.496 e. The van der Waals surface area contributed by atoms with Gasteiger partial charge in [0.05, 0.1) is 12.7 Å². The van der Waals surface area contributed by atoms with Gasteiger partial charge in [-0.3, -0.25) is 9.59 Å². The van der Waals surface area contributed by atoms with E-state index in [9.17, 15) is 9.59 Å². The van der Waals surface area contributed by atoms with Gasteiger partial charge in [0, 0.05) is 17.8 Å². The third-order valence-corrected chi connectivity index (χ3v) is 5.10. The van der Waals surface area contributed by atoms with Crippen molar-refractivity contribution in [2.24, 2.45) is 0 Å². The molecule has 0 amide bonds. The second kappa shape index (κ2) is 9.04. The van der Waals surface area contributed by atoms with E-state index in [-0.39, 0.29) is 18.8 Å². The number of methoxy groups -OCH3 is 1. The van der Waals surface area contributed by atoms with Gasteiger partial charge in [0.1, 0.15) is 5.75 Å². The molecule has 0 aliphatic heterocycles. The minimum absolute atomic E-state index is 0.137. The molecule has 0 saturated carbocycles. The zero-order valence-electron chi connectivity index (χ0n) is 16.8. The van der Waals surface area contributed by atoms with Gasteiger partial charge < -0.3 is 9.47 Å². The van der Waals surface area contributed by atoms with Gasteiger partial charge in [-0.05, 0) is 44.2 Å². The number of fused-ring (bicyclic) bond motifs is 1. The first kappa shape index (κ1) is 20.8. The number of esters is 1. The van der Waals surface area contributed by atoms with Crippen LogP contribution in [0.15, 0.2) is 29.4 Å². The summed E-state index contributed by atoms with van der Waals surface area (Å²) in [6, 6.07) is 6.84. The molecule has 152 valence electrons. The molecule has 0 N–H and O–H groups in total. The number of carbonyl (C=O) groups is 2. The van der Waals surface area contributed by atoms with E-state index in [4.69, 9.17) is 9.47 Å². The highest BCUT2D eigenvalue weighted by Gasteiger charge is 2.17. The van der Waals surface area contributed by atoms with Crippen molar-refractivity contribution < 1.29 is 19.1 Å². The third-order valence-electron chi connectivity index (χ3n) is 4.56. The standard InChI is InChI=1S/C20H22N4O4S/c1-12-14(13(2)24-19(21-12)22-20(23-24)29-4)9-10-18(26)28-11-16(25)15-7-5-6-8-17(15)27-3/h5-8H,9-11H2,1-4H3. The molecule has 0 fully saturated rings. The van der Waals surface area contributed by atoms with E-state index in [0.29, 0.717) is 28.7 Å². The number of para-hydroxylation sites is 1. The maximum absolute atomic E-state index is 12.3. The van der Waals surface area contributed by atoms with Crippen LogP contribution in [-0.4, -0.2) is 51.3 Å². The van der Waals surface area contributed by atoms with Crippen molar-refractivity contribution in [3.05, 3.63) is 46.8 Å². The summed E-state index contributed by atoms with van der Waals surface area (Å²) in [6.07, 6.45) is 2.48. The number of thioether (sulfide) groups is 1. The van der Waals surface area contributed by atoms with Crippen molar-refractivity contribution in [3.8, 4) is 5.75 Å². The largest absolute Gasteiger partial charge is 0.496 e. The van der Waals surface area contributed by atoms with E-state index in [1.165, 1.54) is 18.9 Å². The number of rotatable bonds is 8. The number of aromatic nitrogens is 4. The van der Waals surface area contributed by atoms with Gasteiger partial charge in [-0.25, -0.2) is 9.50 Å². The maximum atomic E-state index is 12.3. The second-order valence-electron chi connectivity index (χ2n) is 6.36. The van der Waals surface area contributed by atoms with Crippen LogP contribution in [0, 0.1) is 13.8 Å². The number of carbonyl (C=O) groups excluding carboxylic acids is 2. The Bertz CT molecular complexity index is 1060. The van der Waals surface area contributed by atoms with E-state index in [1.54, 1.807) is 28.8 Å². The molecule has 0 atom stereocenters. The molecule has 3 rings (SSSR count). The number of ether oxygens (including phenoxy) is 2. The van der Waals surface area contributed by atoms with Crippen LogP contribution in [0.2, 0.25) is 0 Å². The quantitative estimate of drug-likeness (QED) is 0.315. The van der Waals surface area contributed by atoms with Crippen molar-refractivity contribution in [2.75, 3.05) is 20.0 Å². The molecule has 2 heterocycles. The van der Waals surface area contributed by atoms with Gasteiger partial charge in [0.2, 0.25) is 10.9 Å². The first-order chi connectivity index (χ1) is 13.9. The van der Waals surface area contributed by atoms with Crippen LogP contribution >= 0.6 is 11.8 Å². The van der Waals surface area contributed by atoms with Gasteiger partial charge >= 0.3 is 5.97 Å². The lowest BCUT2D eigenvalue weighted by Gasteiger charge is -2.10. The van der Waals surface area contributed by atoms with Crippen LogP contribution in [0.3, 0.4) is 0 Å². The van der Waals surface area contributed by atoms with Crippen LogP contribution in [0.4, 0.5) is 0 Å². The van der Waals surface area contributed by atoms with Crippen molar-refractivity contribution in [1.82, 2.24) is 19.6 Å². The molecule has 0 aliphatic carbocycles. The number of Topliss-reactive ketones (excluding diaryl/α,β-unsaturated/α-hetero) is 1. The summed E-state index contributed by atoms with van der Waals surface area (Å²) in [5, 5.41) is 5.05. The van der Waals surface area contributed by atoms with E-state index in [1.807, 2.05) is 20.1 Å². The maximum Gasteiger partial charge on any atom is 0.306 e. The molecule has 3 aromatic rings. The van der Waals surface area contributed by atoms with Crippen molar-refractivity contribution in [1.29, 1.82) is 0 Å². The van der Waals surface area contributed by atoms with E-state index in [2.05, 4.69) is 15.1 Å². The number of hydrogen-bond donors (Lipinski definition) is 0. The Morgan fingerprint density at radius 2 is 1.93 bits per heavy atom. The fraction of sp³-hybridized carbons (Fsp3) is 0.350. The fourth-order valence-corrected chi connectivity index (χ4v) is 3.37. The van der Waals surface area contributed by atoms with Gasteiger partial charge in [0.25, 0.3) is 5.78 Å². The summed E-state index contributed by atoms with van der Waals surface area (Å²) in [4.78, 5) is 33.3. The van der Waals surface area contributed by atoms with Gasteiger partial charge in [-0.2, -0.15) is 4.98 Å². The monoisotopic (exact) mass is 414 g/mol. The summed E-state index contributed by atoms with van der Waals surface area (Å²) in [7, 11) is 1.49. The van der Waals surface area contributed by atoms with Gasteiger partial charge in [-0.15, -0.1) is 5.10 Å². The average Bonchev–Trinajstić information content (AvgIpc) is 3.15. The number of hydrogen-bond acceptors (Lipinski definition) is 8. The lowest BCUT2D eigenvalue weighted by atomic mass is 10.1. The van der Waals surface area contributed by atoms with Crippen molar-refractivity contribution in [3.63, 3.8) is 0 Å². The zero-order chi connectivity index (χ0) is 21.0. The van der Waals surface area contributed by atoms with E-state index >= 15 is 0 Å². The molecule has 0 saturated heterocycles. The molecular formula is C20H22N4O4S. The van der Waals surface area contributed by atoms with E-state index in [0.717, 1.165) is 17.0 Å². The van der Waals surface area contributed by atoms with Gasteiger partial charge in [0.15, 0.2) is 6.61 Å². The topological polar surface area (TPSA) is 95.7 Å². The molecule has 1 aromatic carbocycles. The SMILES string of the molecule is COc1ccccc1C(=O)COC(=O)CCc1c(C)nc2nc(SC)nn2c1C. The summed E-state index contributed by atoms with van der Waals surface area (Å²) >= 11 is 1.45. The van der Waals surface area contributed by atoms with Crippen LogP contribution < -0.4 is 4.74 Å².